The van der Waals surface area contributed by atoms with Gasteiger partial charge in [0.15, 0.2) is 0 Å². The third kappa shape index (κ3) is 2.83. The predicted octanol–water partition coefficient (Wildman–Crippen LogP) is 10.6. The number of fused-ring (bicyclic) bond motifs is 13. The molecule has 5 heterocycles. The fourth-order valence-electron chi connectivity index (χ4n) is 10.2. The molecule has 3 aliphatic heterocycles. The summed E-state index contributed by atoms with van der Waals surface area (Å²) in [6.45, 7) is 33.5. The van der Waals surface area contributed by atoms with E-state index >= 15 is 0 Å². The van der Waals surface area contributed by atoms with E-state index in [0.29, 0.717) is 29.8 Å². The molecule has 0 radical (unpaired) electrons. The molecular formula is C40H51N3O. The monoisotopic (exact) mass is 589 g/mol. The van der Waals surface area contributed by atoms with Crippen molar-refractivity contribution in [3.8, 4) is 0 Å². The molecule has 3 aromatic carbocycles. The van der Waals surface area contributed by atoms with Gasteiger partial charge < -0.3 is 13.9 Å². The first-order valence-corrected chi connectivity index (χ1v) is 17.0. The summed E-state index contributed by atoms with van der Waals surface area (Å²) in [7, 11) is 2.34. The van der Waals surface area contributed by atoms with Crippen LogP contribution in [0.4, 0.5) is 0 Å². The quantitative estimate of drug-likeness (QED) is 0.179. The highest BCUT2D eigenvalue weighted by atomic mass is 16.5. The molecule has 2 bridgehead atoms. The van der Waals surface area contributed by atoms with E-state index in [4.69, 9.17) is 4.74 Å². The number of nitrogens with zero attached hydrogens (tertiary/aromatic N) is 3. The second-order valence-corrected chi connectivity index (χ2v) is 15.5. The molecule has 0 spiro atoms. The summed E-state index contributed by atoms with van der Waals surface area (Å²) in [4.78, 5) is 2.61. The molecular weight excluding hydrogens is 538 g/mol. The molecule has 44 heavy (non-hydrogen) atoms. The van der Waals surface area contributed by atoms with Gasteiger partial charge in [0.25, 0.3) is 0 Å². The maximum Gasteiger partial charge on any atom is 0.148 e. The van der Waals surface area contributed by atoms with Gasteiger partial charge in [-0.05, 0) is 145 Å². The molecule has 5 aromatic rings. The van der Waals surface area contributed by atoms with E-state index in [1.807, 2.05) is 0 Å². The van der Waals surface area contributed by atoms with Gasteiger partial charge in [-0.15, -0.1) is 0 Å². The van der Waals surface area contributed by atoms with Crippen molar-refractivity contribution in [2.75, 3.05) is 7.05 Å². The highest BCUT2D eigenvalue weighted by molar-refractivity contribution is 6.27. The van der Waals surface area contributed by atoms with Crippen molar-refractivity contribution in [1.29, 1.82) is 0 Å². The topological polar surface area (TPSA) is 22.3 Å². The van der Waals surface area contributed by atoms with Gasteiger partial charge in [0, 0.05) is 45.5 Å². The SMILES string of the molecule is Cc1c(C)c(C)c2c(c1C)c1c3c(c4c5c(C)c(C)c(C)c(C)c5n5c4c1n2C1OC5(C)C(C)C(C)C1C)C(C)N(C)C3C. The van der Waals surface area contributed by atoms with Crippen LogP contribution in [-0.2, 0) is 10.5 Å². The Kier molecular flexibility index (Phi) is 5.53. The Morgan fingerprint density at radius 1 is 0.523 bits per heavy atom. The molecule has 3 aliphatic rings. The van der Waals surface area contributed by atoms with Gasteiger partial charge in [-0.3, -0.25) is 4.90 Å². The number of ether oxygens (including phenoxy) is 1. The summed E-state index contributed by atoms with van der Waals surface area (Å²) in [5.41, 5.74) is 19.5. The van der Waals surface area contributed by atoms with Crippen LogP contribution in [-0.4, -0.2) is 21.1 Å². The minimum atomic E-state index is -0.482. The minimum absolute atomic E-state index is 0.0394. The summed E-state index contributed by atoms with van der Waals surface area (Å²) < 4.78 is 13.1. The summed E-state index contributed by atoms with van der Waals surface area (Å²) >= 11 is 0. The Balaban J connectivity index is 1.84. The number of hydrogen-bond donors (Lipinski definition) is 0. The van der Waals surface area contributed by atoms with Gasteiger partial charge in [0.2, 0.25) is 0 Å². The van der Waals surface area contributed by atoms with Crippen LogP contribution in [0, 0.1) is 73.1 Å². The maximum atomic E-state index is 7.68. The predicted molar refractivity (Wildman–Crippen MR) is 186 cm³/mol. The van der Waals surface area contributed by atoms with E-state index in [1.165, 1.54) is 88.1 Å². The van der Waals surface area contributed by atoms with Gasteiger partial charge in [-0.25, -0.2) is 0 Å². The summed E-state index contributed by atoms with van der Waals surface area (Å²) in [6, 6.07) is 0.647. The molecule has 0 aliphatic carbocycles. The first kappa shape index (κ1) is 28.6. The van der Waals surface area contributed by atoms with Crippen LogP contribution in [0.2, 0.25) is 0 Å². The molecule has 0 saturated carbocycles. The van der Waals surface area contributed by atoms with Gasteiger partial charge in [-0.2, -0.15) is 0 Å². The largest absolute Gasteiger partial charge is 0.332 e. The van der Waals surface area contributed by atoms with Crippen molar-refractivity contribution < 1.29 is 4.74 Å². The van der Waals surface area contributed by atoms with E-state index in [1.54, 1.807) is 11.1 Å². The number of hydrogen-bond acceptors (Lipinski definition) is 2. The van der Waals surface area contributed by atoms with Crippen LogP contribution in [0.3, 0.4) is 0 Å². The van der Waals surface area contributed by atoms with Crippen molar-refractivity contribution in [3.63, 3.8) is 0 Å². The van der Waals surface area contributed by atoms with Crippen molar-refractivity contribution in [2.24, 2.45) is 17.8 Å². The number of aromatic nitrogens is 2. The molecule has 1 saturated heterocycles. The van der Waals surface area contributed by atoms with Gasteiger partial charge in [0.05, 0.1) is 22.1 Å². The maximum absolute atomic E-state index is 7.68. The first-order valence-electron chi connectivity index (χ1n) is 17.0. The Morgan fingerprint density at radius 3 is 1.52 bits per heavy atom. The summed E-state index contributed by atoms with van der Waals surface area (Å²) in [5, 5.41) is 5.87. The first-order chi connectivity index (χ1) is 20.6. The van der Waals surface area contributed by atoms with Crippen LogP contribution < -0.4 is 0 Å². The lowest BCUT2D eigenvalue weighted by molar-refractivity contribution is -0.254. The Bertz CT molecular complexity index is 2160. The second kappa shape index (κ2) is 8.50. The summed E-state index contributed by atoms with van der Waals surface area (Å²) in [6.07, 6.45) is -0.0394. The molecule has 0 N–H and O–H groups in total. The highest BCUT2D eigenvalue weighted by Crippen LogP contribution is 2.61. The molecule has 2 aromatic heterocycles. The lowest BCUT2D eigenvalue weighted by atomic mass is 9.75. The van der Waals surface area contributed by atoms with Crippen LogP contribution in [0.25, 0.3) is 43.6 Å². The zero-order valence-electron chi connectivity index (χ0n) is 29.7. The van der Waals surface area contributed by atoms with Crippen molar-refractivity contribution in [2.45, 2.75) is 121 Å². The van der Waals surface area contributed by atoms with Crippen LogP contribution in [0.1, 0.15) is 115 Å². The number of aryl methyl sites for hydroxylation is 4. The third-order valence-electron chi connectivity index (χ3n) is 14.3. The molecule has 4 heteroatoms. The third-order valence-corrected chi connectivity index (χ3v) is 14.3. The summed E-state index contributed by atoms with van der Waals surface area (Å²) in [5.74, 6) is 1.21. The Morgan fingerprint density at radius 2 is 0.977 bits per heavy atom. The van der Waals surface area contributed by atoms with Crippen molar-refractivity contribution >= 4 is 43.6 Å². The smallest absolute Gasteiger partial charge is 0.148 e. The van der Waals surface area contributed by atoms with E-state index < -0.39 is 5.72 Å². The molecule has 7 unspecified atom stereocenters. The van der Waals surface area contributed by atoms with Crippen LogP contribution in [0.15, 0.2) is 0 Å². The van der Waals surface area contributed by atoms with Crippen LogP contribution >= 0.6 is 0 Å². The second-order valence-electron chi connectivity index (χ2n) is 15.5. The number of benzene rings is 3. The average molecular weight is 590 g/mol. The van der Waals surface area contributed by atoms with Crippen molar-refractivity contribution in [3.05, 3.63) is 55.6 Å². The van der Waals surface area contributed by atoms with Gasteiger partial charge >= 0.3 is 0 Å². The Hall–Kier alpha value is -2.82. The number of rotatable bonds is 0. The van der Waals surface area contributed by atoms with E-state index in [-0.39, 0.29) is 6.23 Å². The lowest BCUT2D eigenvalue weighted by Crippen LogP contribution is -2.50. The molecule has 7 atom stereocenters. The van der Waals surface area contributed by atoms with Crippen LogP contribution in [0.5, 0.6) is 0 Å². The molecule has 1 fully saturated rings. The molecule has 0 amide bonds. The van der Waals surface area contributed by atoms with Crippen molar-refractivity contribution in [1.82, 2.24) is 14.0 Å². The fraction of sp³-hybridized carbons (Fsp3) is 0.550. The van der Waals surface area contributed by atoms with E-state index in [0.717, 1.165) is 0 Å². The van der Waals surface area contributed by atoms with Gasteiger partial charge in [-0.1, -0.05) is 20.8 Å². The van der Waals surface area contributed by atoms with E-state index in [2.05, 4.69) is 118 Å². The molecule has 4 nitrogen and oxygen atoms in total. The molecule has 232 valence electrons. The fourth-order valence-corrected chi connectivity index (χ4v) is 10.2. The minimum Gasteiger partial charge on any atom is -0.332 e. The zero-order valence-corrected chi connectivity index (χ0v) is 29.7. The molecule has 8 rings (SSSR count). The zero-order chi connectivity index (χ0) is 31.8. The lowest BCUT2D eigenvalue weighted by Gasteiger charge is -2.50. The standard InChI is InChI=1S/C40H51N3O/c1-16-18(3)23(8)35-29(21(16)6)33-31-27(12)41(15)28(13)32(31)34-30-22(7)17(2)19(4)24(9)36(30)43-38(34)37(33)42(35)39-25(10)20(5)26(11)40(43,14)44-39/h20,25-28,39H,1-15H3. The highest BCUT2D eigenvalue weighted by Gasteiger charge is 2.53. The Labute approximate surface area is 263 Å². The van der Waals surface area contributed by atoms with Gasteiger partial charge in [0.1, 0.15) is 12.0 Å². The normalized spacial score (nSPS) is 30.1. The van der Waals surface area contributed by atoms with E-state index in [9.17, 15) is 0 Å². The average Bonchev–Trinajstić information content (AvgIpc) is 3.58.